The second-order valence-electron chi connectivity index (χ2n) is 5.34. The molecule has 0 saturated carbocycles. The maximum Gasteiger partial charge on any atom is 0.306 e. The summed E-state index contributed by atoms with van der Waals surface area (Å²) in [4.78, 5) is 22.6. The van der Waals surface area contributed by atoms with Crippen LogP contribution in [0.1, 0.15) is 18.9 Å². The molecule has 0 bridgehead atoms. The molecular formula is C14H18N2O4. The van der Waals surface area contributed by atoms with Crippen molar-refractivity contribution < 1.29 is 19.8 Å². The molecule has 1 aromatic carbocycles. The molecule has 2 unspecified atom stereocenters. The summed E-state index contributed by atoms with van der Waals surface area (Å²) in [5, 5.41) is 24.2. The third-order valence-electron chi connectivity index (χ3n) is 3.26. The first-order valence-electron chi connectivity index (χ1n) is 6.44. The average Bonchev–Trinajstić information content (AvgIpc) is 2.78. The van der Waals surface area contributed by atoms with Gasteiger partial charge in [-0.3, -0.25) is 9.59 Å². The van der Waals surface area contributed by atoms with Crippen molar-refractivity contribution in [2.75, 3.05) is 11.9 Å². The summed E-state index contributed by atoms with van der Waals surface area (Å²) < 4.78 is 0. The number of benzene rings is 1. The van der Waals surface area contributed by atoms with Crippen molar-refractivity contribution in [1.29, 1.82) is 0 Å². The quantitative estimate of drug-likeness (QED) is 0.623. The Morgan fingerprint density at radius 1 is 1.45 bits per heavy atom. The molecule has 0 radical (unpaired) electrons. The number of aliphatic hydroxyl groups is 1. The number of fused-ring (bicyclic) bond motifs is 1. The lowest BCUT2D eigenvalue weighted by molar-refractivity contribution is -0.142. The summed E-state index contributed by atoms with van der Waals surface area (Å²) in [6.07, 6.45) is 0.175. The van der Waals surface area contributed by atoms with Crippen molar-refractivity contribution in [1.82, 2.24) is 5.32 Å². The summed E-state index contributed by atoms with van der Waals surface area (Å²) in [5.74, 6) is -1.34. The van der Waals surface area contributed by atoms with Crippen molar-refractivity contribution in [2.24, 2.45) is 0 Å². The second-order valence-corrected chi connectivity index (χ2v) is 5.34. The van der Waals surface area contributed by atoms with Gasteiger partial charge in [0.25, 0.3) is 0 Å². The Hall–Kier alpha value is -2.08. The van der Waals surface area contributed by atoms with E-state index in [1.165, 1.54) is 6.92 Å². The largest absolute Gasteiger partial charge is 0.481 e. The van der Waals surface area contributed by atoms with Gasteiger partial charge in [-0.05, 0) is 18.6 Å². The molecule has 2 rings (SSSR count). The lowest BCUT2D eigenvalue weighted by Crippen LogP contribution is -2.46. The third-order valence-corrected chi connectivity index (χ3v) is 3.26. The molecule has 1 aromatic rings. The number of carbonyl (C=O) groups excluding carboxylic acids is 1. The van der Waals surface area contributed by atoms with Gasteiger partial charge in [0.1, 0.15) is 6.04 Å². The minimum atomic E-state index is -1.45. The number of hydrogen-bond acceptors (Lipinski definition) is 4. The van der Waals surface area contributed by atoms with Gasteiger partial charge in [-0.2, -0.15) is 0 Å². The topological polar surface area (TPSA) is 98.7 Å². The number of amides is 1. The molecule has 1 amide bonds. The molecule has 108 valence electrons. The number of rotatable bonds is 5. The summed E-state index contributed by atoms with van der Waals surface area (Å²) in [6.45, 7) is 1.30. The predicted octanol–water partition coefficient (Wildman–Crippen LogP) is 0.365. The molecular weight excluding hydrogens is 260 g/mol. The van der Waals surface area contributed by atoms with Gasteiger partial charge in [0.15, 0.2) is 0 Å². The molecule has 0 fully saturated rings. The van der Waals surface area contributed by atoms with E-state index >= 15 is 0 Å². The van der Waals surface area contributed by atoms with Crippen molar-refractivity contribution >= 4 is 17.6 Å². The average molecular weight is 278 g/mol. The van der Waals surface area contributed by atoms with E-state index in [0.717, 1.165) is 11.3 Å². The lowest BCUT2D eigenvalue weighted by atomic mass is 10.0. The van der Waals surface area contributed by atoms with Crippen LogP contribution in [0.2, 0.25) is 0 Å². The normalized spacial score (nSPS) is 19.6. The van der Waals surface area contributed by atoms with Crippen molar-refractivity contribution in [3.8, 4) is 0 Å². The maximum absolute atomic E-state index is 12.0. The van der Waals surface area contributed by atoms with Crippen LogP contribution in [0.3, 0.4) is 0 Å². The van der Waals surface area contributed by atoms with Gasteiger partial charge in [-0.1, -0.05) is 18.2 Å². The highest BCUT2D eigenvalue weighted by molar-refractivity contribution is 5.87. The van der Waals surface area contributed by atoms with Crippen molar-refractivity contribution in [2.45, 2.75) is 31.4 Å². The first kappa shape index (κ1) is 14.3. The minimum absolute atomic E-state index is 0.0906. The van der Waals surface area contributed by atoms with Gasteiger partial charge in [-0.15, -0.1) is 0 Å². The van der Waals surface area contributed by atoms with Crippen LogP contribution in [0, 0.1) is 0 Å². The van der Waals surface area contributed by atoms with Gasteiger partial charge in [-0.25, -0.2) is 0 Å². The molecule has 6 heteroatoms. The third kappa shape index (κ3) is 3.48. The molecule has 4 N–H and O–H groups in total. The highest BCUT2D eigenvalue weighted by Crippen LogP contribution is 2.25. The van der Waals surface area contributed by atoms with Crippen LogP contribution in [-0.4, -0.2) is 40.3 Å². The Bertz CT molecular complexity index is 503. The van der Waals surface area contributed by atoms with Gasteiger partial charge in [0, 0.05) is 18.7 Å². The van der Waals surface area contributed by atoms with Gasteiger partial charge < -0.3 is 20.8 Å². The SMILES string of the molecule is CC(O)(CNC(=O)C1Cc2ccccc2N1)CC(=O)O. The van der Waals surface area contributed by atoms with E-state index in [1.807, 2.05) is 24.3 Å². The minimum Gasteiger partial charge on any atom is -0.481 e. The Balaban J connectivity index is 1.87. The lowest BCUT2D eigenvalue weighted by Gasteiger charge is -2.22. The molecule has 0 aromatic heterocycles. The fourth-order valence-electron chi connectivity index (χ4n) is 2.25. The van der Waals surface area contributed by atoms with Crippen LogP contribution in [0.15, 0.2) is 24.3 Å². The van der Waals surface area contributed by atoms with E-state index < -0.39 is 18.0 Å². The molecule has 2 atom stereocenters. The van der Waals surface area contributed by atoms with Gasteiger partial charge >= 0.3 is 5.97 Å². The molecule has 6 nitrogen and oxygen atoms in total. The van der Waals surface area contributed by atoms with E-state index in [4.69, 9.17) is 5.11 Å². The highest BCUT2D eigenvalue weighted by Gasteiger charge is 2.29. The van der Waals surface area contributed by atoms with E-state index in [9.17, 15) is 14.7 Å². The zero-order valence-electron chi connectivity index (χ0n) is 11.2. The zero-order chi connectivity index (χ0) is 14.8. The van der Waals surface area contributed by atoms with Crippen molar-refractivity contribution in [3.05, 3.63) is 29.8 Å². The standard InChI is InChI=1S/C14H18N2O4/c1-14(20,7-12(17)18)8-15-13(19)11-6-9-4-2-3-5-10(9)16-11/h2-5,11,16,20H,6-8H2,1H3,(H,15,19)(H,17,18). The molecule has 0 aliphatic carbocycles. The number of nitrogens with one attached hydrogen (secondary N) is 2. The van der Waals surface area contributed by atoms with Gasteiger partial charge in [0.05, 0.1) is 12.0 Å². The Morgan fingerprint density at radius 2 is 2.15 bits per heavy atom. The van der Waals surface area contributed by atoms with Crippen molar-refractivity contribution in [3.63, 3.8) is 0 Å². The van der Waals surface area contributed by atoms with Crippen LogP contribution >= 0.6 is 0 Å². The summed E-state index contributed by atoms with van der Waals surface area (Å²) >= 11 is 0. The molecule has 1 aliphatic heterocycles. The molecule has 0 saturated heterocycles. The second kappa shape index (κ2) is 5.50. The Kier molecular flexibility index (Phi) is 3.94. The first-order valence-corrected chi connectivity index (χ1v) is 6.44. The molecule has 1 aliphatic rings. The summed E-state index contributed by atoms with van der Waals surface area (Å²) in [5.41, 5.74) is 0.558. The smallest absolute Gasteiger partial charge is 0.306 e. The summed E-state index contributed by atoms with van der Waals surface area (Å²) in [6, 6.07) is 7.29. The maximum atomic E-state index is 12.0. The Labute approximate surface area is 116 Å². The number of para-hydroxylation sites is 1. The zero-order valence-corrected chi connectivity index (χ0v) is 11.2. The molecule has 0 spiro atoms. The van der Waals surface area contributed by atoms with Crippen LogP contribution in [-0.2, 0) is 16.0 Å². The molecule has 1 heterocycles. The fraction of sp³-hybridized carbons (Fsp3) is 0.429. The first-order chi connectivity index (χ1) is 9.37. The van der Waals surface area contributed by atoms with Crippen LogP contribution in [0.5, 0.6) is 0 Å². The van der Waals surface area contributed by atoms with Crippen LogP contribution in [0.25, 0.3) is 0 Å². The summed E-state index contributed by atoms with van der Waals surface area (Å²) in [7, 11) is 0. The van der Waals surface area contributed by atoms with Gasteiger partial charge in [0.2, 0.25) is 5.91 Å². The predicted molar refractivity (Wildman–Crippen MR) is 73.4 cm³/mol. The van der Waals surface area contributed by atoms with Crippen LogP contribution < -0.4 is 10.6 Å². The number of hydrogen-bond donors (Lipinski definition) is 4. The number of aliphatic carboxylic acids is 1. The number of carboxylic acids is 1. The number of anilines is 1. The number of carbonyl (C=O) groups is 2. The van der Waals surface area contributed by atoms with Crippen LogP contribution in [0.4, 0.5) is 5.69 Å². The number of carboxylic acid groups (broad SMARTS) is 1. The fourth-order valence-corrected chi connectivity index (χ4v) is 2.25. The highest BCUT2D eigenvalue weighted by atomic mass is 16.4. The van der Waals surface area contributed by atoms with E-state index in [1.54, 1.807) is 0 Å². The monoisotopic (exact) mass is 278 g/mol. The van der Waals surface area contributed by atoms with E-state index in [-0.39, 0.29) is 18.5 Å². The van der Waals surface area contributed by atoms with E-state index in [2.05, 4.69) is 10.6 Å². The van der Waals surface area contributed by atoms with E-state index in [0.29, 0.717) is 6.42 Å². The molecule has 20 heavy (non-hydrogen) atoms. The Morgan fingerprint density at radius 3 is 2.80 bits per heavy atom.